The SMILES string of the molecule is Nc1nc(-n2cccn2)nc(N2CCC[C@H]2CO)c1Br. The first kappa shape index (κ1) is 13.3. The van der Waals surface area contributed by atoms with Gasteiger partial charge in [-0.3, -0.25) is 0 Å². The van der Waals surface area contributed by atoms with Crippen molar-refractivity contribution in [3.8, 4) is 5.95 Å². The smallest absolute Gasteiger partial charge is 0.254 e. The minimum atomic E-state index is 0.0751. The van der Waals surface area contributed by atoms with Gasteiger partial charge in [0.25, 0.3) is 5.95 Å². The van der Waals surface area contributed by atoms with E-state index in [1.54, 1.807) is 23.1 Å². The van der Waals surface area contributed by atoms with Crippen LogP contribution >= 0.6 is 15.9 Å². The van der Waals surface area contributed by atoms with Crippen LogP contribution in [0.25, 0.3) is 5.95 Å². The van der Waals surface area contributed by atoms with Gasteiger partial charge in [-0.15, -0.1) is 0 Å². The maximum atomic E-state index is 9.46. The minimum absolute atomic E-state index is 0.0751. The standard InChI is InChI=1S/C12H15BrN6O/c13-9-10(14)16-12(19-6-2-4-15-19)17-11(9)18-5-1-3-8(18)7-20/h2,4,6,8,20H,1,3,5,7H2,(H2,14,16,17)/t8-/m0/s1. The highest BCUT2D eigenvalue weighted by atomic mass is 79.9. The molecule has 3 N–H and O–H groups in total. The van der Waals surface area contributed by atoms with Crippen LogP contribution in [-0.4, -0.2) is 44.0 Å². The Hall–Kier alpha value is -1.67. The van der Waals surface area contributed by atoms with Gasteiger partial charge < -0.3 is 15.7 Å². The van der Waals surface area contributed by atoms with Crippen LogP contribution in [0.1, 0.15) is 12.8 Å². The zero-order valence-electron chi connectivity index (χ0n) is 10.8. The summed E-state index contributed by atoms with van der Waals surface area (Å²) in [6.07, 6.45) is 5.40. The van der Waals surface area contributed by atoms with E-state index in [0.717, 1.165) is 19.4 Å². The van der Waals surface area contributed by atoms with Crippen LogP contribution in [0.5, 0.6) is 0 Å². The number of hydrogen-bond donors (Lipinski definition) is 2. The number of nitrogens with two attached hydrogens (primary N) is 1. The van der Waals surface area contributed by atoms with E-state index < -0.39 is 0 Å². The molecule has 0 spiro atoms. The number of aliphatic hydroxyl groups excluding tert-OH is 1. The Labute approximate surface area is 124 Å². The van der Waals surface area contributed by atoms with Crippen molar-refractivity contribution in [1.29, 1.82) is 0 Å². The highest BCUT2D eigenvalue weighted by molar-refractivity contribution is 9.10. The van der Waals surface area contributed by atoms with E-state index in [0.29, 0.717) is 22.1 Å². The Kier molecular flexibility index (Phi) is 3.58. The second-order valence-electron chi connectivity index (χ2n) is 4.67. The predicted octanol–water partition coefficient (Wildman–Crippen LogP) is 0.968. The van der Waals surface area contributed by atoms with Crippen LogP contribution < -0.4 is 10.6 Å². The highest BCUT2D eigenvalue weighted by Gasteiger charge is 2.28. The molecule has 1 saturated heterocycles. The van der Waals surface area contributed by atoms with Crippen molar-refractivity contribution in [2.24, 2.45) is 0 Å². The molecule has 7 nitrogen and oxygen atoms in total. The summed E-state index contributed by atoms with van der Waals surface area (Å²) in [6.45, 7) is 0.951. The lowest BCUT2D eigenvalue weighted by atomic mass is 10.2. The summed E-state index contributed by atoms with van der Waals surface area (Å²) < 4.78 is 2.23. The first-order valence-electron chi connectivity index (χ1n) is 6.41. The molecule has 20 heavy (non-hydrogen) atoms. The molecule has 1 aliphatic rings. The molecule has 2 aromatic heterocycles. The first-order valence-corrected chi connectivity index (χ1v) is 7.20. The van der Waals surface area contributed by atoms with Crippen molar-refractivity contribution in [2.75, 3.05) is 23.8 Å². The van der Waals surface area contributed by atoms with Crippen molar-refractivity contribution in [3.63, 3.8) is 0 Å². The van der Waals surface area contributed by atoms with Crippen molar-refractivity contribution in [3.05, 3.63) is 22.9 Å². The summed E-state index contributed by atoms with van der Waals surface area (Å²) in [7, 11) is 0. The number of aliphatic hydroxyl groups is 1. The molecule has 0 saturated carbocycles. The molecule has 1 aliphatic heterocycles. The third kappa shape index (κ3) is 2.25. The normalized spacial score (nSPS) is 18.7. The Morgan fingerprint density at radius 1 is 1.45 bits per heavy atom. The van der Waals surface area contributed by atoms with Crippen LogP contribution in [0.4, 0.5) is 11.6 Å². The maximum Gasteiger partial charge on any atom is 0.254 e. The van der Waals surface area contributed by atoms with Gasteiger partial charge in [0.05, 0.1) is 12.6 Å². The third-order valence-electron chi connectivity index (χ3n) is 3.42. The summed E-state index contributed by atoms with van der Waals surface area (Å²) in [4.78, 5) is 10.8. The Morgan fingerprint density at radius 3 is 3.00 bits per heavy atom. The molecule has 1 fully saturated rings. The number of nitrogen functional groups attached to an aromatic ring is 1. The number of halogens is 1. The quantitative estimate of drug-likeness (QED) is 0.866. The zero-order chi connectivity index (χ0) is 14.1. The highest BCUT2D eigenvalue weighted by Crippen LogP contribution is 2.33. The molecule has 3 rings (SSSR count). The van der Waals surface area contributed by atoms with E-state index in [4.69, 9.17) is 5.73 Å². The molecule has 0 aromatic carbocycles. The second-order valence-corrected chi connectivity index (χ2v) is 5.46. The monoisotopic (exact) mass is 338 g/mol. The minimum Gasteiger partial charge on any atom is -0.394 e. The summed E-state index contributed by atoms with van der Waals surface area (Å²) >= 11 is 3.44. The molecule has 2 aromatic rings. The lowest BCUT2D eigenvalue weighted by molar-refractivity contribution is 0.266. The topological polar surface area (TPSA) is 93.1 Å². The number of aromatic nitrogens is 4. The largest absolute Gasteiger partial charge is 0.394 e. The lowest BCUT2D eigenvalue weighted by Gasteiger charge is -2.25. The maximum absolute atomic E-state index is 9.46. The molecule has 1 atom stereocenters. The molecule has 0 radical (unpaired) electrons. The fraction of sp³-hybridized carbons (Fsp3) is 0.417. The summed E-state index contributed by atoms with van der Waals surface area (Å²) in [5.74, 6) is 1.50. The van der Waals surface area contributed by atoms with Gasteiger partial charge in [0.15, 0.2) is 5.82 Å². The lowest BCUT2D eigenvalue weighted by Crippen LogP contribution is -2.33. The molecule has 106 valence electrons. The van der Waals surface area contributed by atoms with Gasteiger partial charge in [-0.1, -0.05) is 0 Å². The van der Waals surface area contributed by atoms with E-state index in [1.165, 1.54) is 0 Å². The molecule has 0 amide bonds. The van der Waals surface area contributed by atoms with Crippen molar-refractivity contribution in [1.82, 2.24) is 19.7 Å². The summed E-state index contributed by atoms with van der Waals surface area (Å²) in [5.41, 5.74) is 5.95. The van der Waals surface area contributed by atoms with Crippen LogP contribution in [-0.2, 0) is 0 Å². The predicted molar refractivity (Wildman–Crippen MR) is 78.7 cm³/mol. The molecule has 8 heteroatoms. The van der Waals surface area contributed by atoms with Gasteiger partial charge in [-0.05, 0) is 34.8 Å². The molecular weight excluding hydrogens is 324 g/mol. The van der Waals surface area contributed by atoms with Crippen LogP contribution in [0.3, 0.4) is 0 Å². The van der Waals surface area contributed by atoms with E-state index in [2.05, 4.69) is 35.9 Å². The number of rotatable bonds is 3. The number of hydrogen-bond acceptors (Lipinski definition) is 6. The van der Waals surface area contributed by atoms with E-state index in [1.807, 2.05) is 0 Å². The zero-order valence-corrected chi connectivity index (χ0v) is 12.4. The van der Waals surface area contributed by atoms with Crippen molar-refractivity contribution in [2.45, 2.75) is 18.9 Å². The Morgan fingerprint density at radius 2 is 2.30 bits per heavy atom. The van der Waals surface area contributed by atoms with Crippen molar-refractivity contribution >= 4 is 27.6 Å². The van der Waals surface area contributed by atoms with E-state index in [9.17, 15) is 5.11 Å². The van der Waals surface area contributed by atoms with Gasteiger partial charge in [0, 0.05) is 18.9 Å². The third-order valence-corrected chi connectivity index (χ3v) is 4.18. The fourth-order valence-corrected chi connectivity index (χ4v) is 2.83. The van der Waals surface area contributed by atoms with Gasteiger partial charge in [-0.25, -0.2) is 4.68 Å². The van der Waals surface area contributed by atoms with Crippen LogP contribution in [0.15, 0.2) is 22.9 Å². The fourth-order valence-electron chi connectivity index (χ4n) is 2.42. The van der Waals surface area contributed by atoms with Crippen molar-refractivity contribution < 1.29 is 5.11 Å². The summed E-state index contributed by atoms with van der Waals surface area (Å²) in [6, 6.07) is 1.87. The first-order chi connectivity index (χ1) is 9.70. The Balaban J connectivity index is 2.06. The van der Waals surface area contributed by atoms with Gasteiger partial charge in [0.2, 0.25) is 0 Å². The molecule has 3 heterocycles. The van der Waals surface area contributed by atoms with E-state index >= 15 is 0 Å². The average molecular weight is 339 g/mol. The summed E-state index contributed by atoms with van der Waals surface area (Å²) in [5, 5.41) is 13.6. The van der Waals surface area contributed by atoms with Crippen LogP contribution in [0.2, 0.25) is 0 Å². The molecule has 0 unspecified atom stereocenters. The van der Waals surface area contributed by atoms with E-state index in [-0.39, 0.29) is 12.6 Å². The number of nitrogens with zero attached hydrogens (tertiary/aromatic N) is 5. The van der Waals surface area contributed by atoms with Gasteiger partial charge in [0.1, 0.15) is 10.3 Å². The molecular formula is C12H15BrN6O. The number of anilines is 2. The molecule has 0 bridgehead atoms. The second kappa shape index (κ2) is 5.37. The Bertz CT molecular complexity index is 602. The molecule has 0 aliphatic carbocycles. The van der Waals surface area contributed by atoms with Gasteiger partial charge >= 0.3 is 0 Å². The average Bonchev–Trinajstić information content (AvgIpc) is 3.11. The van der Waals surface area contributed by atoms with Crippen LogP contribution in [0, 0.1) is 0 Å². The van der Waals surface area contributed by atoms with Gasteiger partial charge in [-0.2, -0.15) is 15.1 Å².